The van der Waals surface area contributed by atoms with Crippen LogP contribution in [0.25, 0.3) is 0 Å². The van der Waals surface area contributed by atoms with Crippen LogP contribution in [0.5, 0.6) is 0 Å². The second-order valence-corrected chi connectivity index (χ2v) is 3.69. The van der Waals surface area contributed by atoms with E-state index in [0.717, 1.165) is 0 Å². The topological polar surface area (TPSA) is 82.7 Å². The van der Waals surface area contributed by atoms with E-state index in [0.29, 0.717) is 19.0 Å². The van der Waals surface area contributed by atoms with E-state index in [2.05, 4.69) is 15.6 Å². The standard InChI is InChI=1S/C9H21N5O/c1-7(2)13-8(10)11-5-6-12-9(15)14(3)4/h7H,5-6H2,1-4H3,(H,12,15)(H3,10,11,13). The van der Waals surface area contributed by atoms with Crippen molar-refractivity contribution in [2.45, 2.75) is 19.9 Å². The van der Waals surface area contributed by atoms with Crippen LogP contribution < -0.4 is 16.4 Å². The van der Waals surface area contributed by atoms with Gasteiger partial charge in [0.1, 0.15) is 0 Å². The van der Waals surface area contributed by atoms with Crippen LogP contribution in [0.3, 0.4) is 0 Å². The van der Waals surface area contributed by atoms with Gasteiger partial charge in [0.25, 0.3) is 0 Å². The number of hydrogen-bond donors (Lipinski definition) is 3. The first-order chi connectivity index (χ1) is 6.93. The van der Waals surface area contributed by atoms with E-state index in [1.165, 1.54) is 4.90 Å². The van der Waals surface area contributed by atoms with Crippen molar-refractivity contribution in [3.8, 4) is 0 Å². The maximum atomic E-state index is 11.1. The number of carbonyl (C=O) groups is 1. The minimum atomic E-state index is -0.124. The minimum Gasteiger partial charge on any atom is -0.370 e. The largest absolute Gasteiger partial charge is 0.370 e. The summed E-state index contributed by atoms with van der Waals surface area (Å²) in [6.07, 6.45) is 0. The molecule has 2 amide bonds. The fraction of sp³-hybridized carbons (Fsp3) is 0.778. The summed E-state index contributed by atoms with van der Waals surface area (Å²) in [5.41, 5.74) is 5.57. The summed E-state index contributed by atoms with van der Waals surface area (Å²) >= 11 is 0. The molecular weight excluding hydrogens is 194 g/mol. The second kappa shape index (κ2) is 6.92. The lowest BCUT2D eigenvalue weighted by Gasteiger charge is -2.11. The fourth-order valence-electron chi connectivity index (χ4n) is 0.839. The predicted octanol–water partition coefficient (Wildman–Crippen LogP) is -0.430. The summed E-state index contributed by atoms with van der Waals surface area (Å²) in [6, 6.07) is 0.144. The average Bonchev–Trinajstić information content (AvgIpc) is 2.10. The molecule has 0 heterocycles. The van der Waals surface area contributed by atoms with Gasteiger partial charge in [-0.3, -0.25) is 4.99 Å². The van der Waals surface area contributed by atoms with Crippen LogP contribution in [0.4, 0.5) is 4.79 Å². The third-order valence-corrected chi connectivity index (χ3v) is 1.51. The number of nitrogens with zero attached hydrogens (tertiary/aromatic N) is 2. The van der Waals surface area contributed by atoms with Gasteiger partial charge in [0, 0.05) is 26.7 Å². The number of nitrogens with one attached hydrogen (secondary N) is 2. The molecule has 0 aromatic rings. The van der Waals surface area contributed by atoms with Crippen molar-refractivity contribution in [1.29, 1.82) is 0 Å². The number of rotatable bonds is 4. The van der Waals surface area contributed by atoms with Gasteiger partial charge in [0.2, 0.25) is 0 Å². The third kappa shape index (κ3) is 7.60. The summed E-state index contributed by atoms with van der Waals surface area (Å²) in [4.78, 5) is 16.6. The zero-order valence-corrected chi connectivity index (χ0v) is 9.87. The predicted molar refractivity (Wildman–Crippen MR) is 61.8 cm³/mol. The number of nitrogens with two attached hydrogens (primary N) is 1. The summed E-state index contributed by atoms with van der Waals surface area (Å²) in [5.74, 6) is 0.407. The molecule has 0 radical (unpaired) electrons. The van der Waals surface area contributed by atoms with Gasteiger partial charge in [-0.1, -0.05) is 0 Å². The molecule has 0 aliphatic carbocycles. The van der Waals surface area contributed by atoms with Gasteiger partial charge < -0.3 is 21.3 Å². The smallest absolute Gasteiger partial charge is 0.316 e. The maximum absolute atomic E-state index is 11.1. The Balaban J connectivity index is 3.65. The van der Waals surface area contributed by atoms with Crippen molar-refractivity contribution >= 4 is 12.0 Å². The molecule has 15 heavy (non-hydrogen) atoms. The van der Waals surface area contributed by atoms with Crippen LogP contribution in [0.2, 0.25) is 0 Å². The fourth-order valence-corrected chi connectivity index (χ4v) is 0.839. The van der Waals surface area contributed by atoms with Crippen molar-refractivity contribution < 1.29 is 4.79 Å². The number of carbonyl (C=O) groups excluding carboxylic acids is 1. The highest BCUT2D eigenvalue weighted by molar-refractivity contribution is 5.78. The lowest BCUT2D eigenvalue weighted by Crippen LogP contribution is -2.38. The Morgan fingerprint density at radius 2 is 2.07 bits per heavy atom. The monoisotopic (exact) mass is 215 g/mol. The summed E-state index contributed by atoms with van der Waals surface area (Å²) in [7, 11) is 3.38. The van der Waals surface area contributed by atoms with Crippen molar-refractivity contribution in [2.75, 3.05) is 27.2 Å². The SMILES string of the molecule is CC(C)NC(N)=NCCNC(=O)N(C)C. The second-order valence-electron chi connectivity index (χ2n) is 3.69. The van der Waals surface area contributed by atoms with Crippen LogP contribution in [0.1, 0.15) is 13.8 Å². The molecule has 88 valence electrons. The van der Waals surface area contributed by atoms with E-state index >= 15 is 0 Å². The number of urea groups is 1. The van der Waals surface area contributed by atoms with Gasteiger partial charge in [-0.25, -0.2) is 4.79 Å². The number of hydrogen-bond acceptors (Lipinski definition) is 2. The van der Waals surface area contributed by atoms with E-state index in [-0.39, 0.29) is 12.1 Å². The molecule has 0 aromatic carbocycles. The molecule has 6 nitrogen and oxygen atoms in total. The van der Waals surface area contributed by atoms with Gasteiger partial charge in [-0.15, -0.1) is 0 Å². The Kier molecular flexibility index (Phi) is 6.24. The molecule has 0 aliphatic rings. The van der Waals surface area contributed by atoms with E-state index in [1.807, 2.05) is 13.8 Å². The summed E-state index contributed by atoms with van der Waals surface area (Å²) in [6.45, 7) is 4.93. The van der Waals surface area contributed by atoms with Crippen molar-refractivity contribution in [2.24, 2.45) is 10.7 Å². The molecule has 0 bridgehead atoms. The highest BCUT2D eigenvalue weighted by Crippen LogP contribution is 1.78. The Labute approximate surface area is 90.9 Å². The summed E-state index contributed by atoms with van der Waals surface area (Å²) < 4.78 is 0. The van der Waals surface area contributed by atoms with Gasteiger partial charge in [0.15, 0.2) is 5.96 Å². The van der Waals surface area contributed by atoms with Gasteiger partial charge in [-0.05, 0) is 13.8 Å². The van der Waals surface area contributed by atoms with E-state index < -0.39 is 0 Å². The first kappa shape index (κ1) is 13.5. The molecule has 0 spiro atoms. The van der Waals surface area contributed by atoms with Crippen LogP contribution in [-0.2, 0) is 0 Å². The van der Waals surface area contributed by atoms with Crippen LogP contribution in [0.15, 0.2) is 4.99 Å². The number of amides is 2. The Morgan fingerprint density at radius 1 is 1.47 bits per heavy atom. The quantitative estimate of drug-likeness (QED) is 0.338. The third-order valence-electron chi connectivity index (χ3n) is 1.51. The molecular formula is C9H21N5O. The van der Waals surface area contributed by atoms with E-state index in [4.69, 9.17) is 5.73 Å². The number of aliphatic imine (C=N–C) groups is 1. The van der Waals surface area contributed by atoms with Gasteiger partial charge in [-0.2, -0.15) is 0 Å². The summed E-state index contributed by atoms with van der Waals surface area (Å²) in [5, 5.41) is 5.65. The Hall–Kier alpha value is -1.46. The molecule has 0 aliphatic heterocycles. The normalized spacial score (nSPS) is 11.4. The van der Waals surface area contributed by atoms with Crippen LogP contribution >= 0.6 is 0 Å². The first-order valence-corrected chi connectivity index (χ1v) is 4.95. The molecule has 4 N–H and O–H groups in total. The maximum Gasteiger partial charge on any atom is 0.316 e. The molecule has 6 heteroatoms. The number of guanidine groups is 1. The van der Waals surface area contributed by atoms with E-state index in [1.54, 1.807) is 14.1 Å². The Bertz CT molecular complexity index is 225. The molecule has 0 unspecified atom stereocenters. The highest BCUT2D eigenvalue weighted by atomic mass is 16.2. The highest BCUT2D eigenvalue weighted by Gasteiger charge is 2.00. The minimum absolute atomic E-state index is 0.124. The zero-order chi connectivity index (χ0) is 11.8. The van der Waals surface area contributed by atoms with Gasteiger partial charge in [0.05, 0.1) is 6.54 Å². The van der Waals surface area contributed by atoms with Crippen LogP contribution in [-0.4, -0.2) is 50.1 Å². The van der Waals surface area contributed by atoms with Crippen molar-refractivity contribution in [3.05, 3.63) is 0 Å². The molecule has 0 atom stereocenters. The van der Waals surface area contributed by atoms with Crippen molar-refractivity contribution in [3.63, 3.8) is 0 Å². The van der Waals surface area contributed by atoms with E-state index in [9.17, 15) is 4.79 Å². The first-order valence-electron chi connectivity index (χ1n) is 4.95. The molecule has 0 fully saturated rings. The van der Waals surface area contributed by atoms with Gasteiger partial charge >= 0.3 is 6.03 Å². The molecule has 0 saturated carbocycles. The van der Waals surface area contributed by atoms with Crippen molar-refractivity contribution in [1.82, 2.24) is 15.5 Å². The van der Waals surface area contributed by atoms with Crippen LogP contribution in [0, 0.1) is 0 Å². The Morgan fingerprint density at radius 3 is 2.53 bits per heavy atom. The lowest BCUT2D eigenvalue weighted by molar-refractivity contribution is 0.218. The zero-order valence-electron chi connectivity index (χ0n) is 9.87. The molecule has 0 rings (SSSR count). The average molecular weight is 215 g/mol. The molecule has 0 aromatic heterocycles. The lowest BCUT2D eigenvalue weighted by atomic mass is 10.4. The molecule has 0 saturated heterocycles.